The number of carbonyl (C=O) groups is 2. The average molecular weight is 400 g/mol. The Morgan fingerprint density at radius 1 is 1.32 bits per heavy atom. The Balaban J connectivity index is 1.54. The number of nitrogens with zero attached hydrogens (tertiary/aromatic N) is 2. The Bertz CT molecular complexity index is 882. The van der Waals surface area contributed by atoms with Crippen LogP contribution in [0, 0.1) is 19.8 Å². The molecule has 0 unspecified atom stereocenters. The summed E-state index contributed by atoms with van der Waals surface area (Å²) in [5.74, 6) is -0.329. The molecule has 2 amide bonds. The molecule has 1 aliphatic heterocycles. The van der Waals surface area contributed by atoms with Crippen molar-refractivity contribution < 1.29 is 9.59 Å². The lowest BCUT2D eigenvalue weighted by Gasteiger charge is -2.19. The molecule has 3 rings (SSSR count). The number of amides is 2. The third kappa shape index (κ3) is 4.61. The van der Waals surface area contributed by atoms with Crippen LogP contribution < -0.4 is 10.2 Å². The van der Waals surface area contributed by atoms with Crippen molar-refractivity contribution in [3.63, 3.8) is 0 Å². The van der Waals surface area contributed by atoms with E-state index in [1.54, 1.807) is 16.2 Å². The number of rotatable bonds is 5. The molecule has 1 saturated heterocycles. The van der Waals surface area contributed by atoms with E-state index in [9.17, 15) is 9.59 Å². The number of thiazole rings is 1. The summed E-state index contributed by atoms with van der Waals surface area (Å²) in [6.45, 7) is 11.5. The topological polar surface area (TPSA) is 62.3 Å². The van der Waals surface area contributed by atoms with E-state index < -0.39 is 0 Å². The van der Waals surface area contributed by atoms with Crippen LogP contribution in [-0.2, 0) is 21.4 Å². The summed E-state index contributed by atoms with van der Waals surface area (Å²) in [4.78, 5) is 31.4. The maximum absolute atomic E-state index is 12.6. The van der Waals surface area contributed by atoms with Crippen molar-refractivity contribution in [2.24, 2.45) is 5.92 Å². The lowest BCUT2D eigenvalue weighted by atomic mass is 9.93. The molecule has 5 nitrogen and oxygen atoms in total. The number of hydrogen-bond donors (Lipinski definition) is 1. The maximum atomic E-state index is 12.6. The first-order valence-electron chi connectivity index (χ1n) is 9.75. The van der Waals surface area contributed by atoms with Crippen LogP contribution in [-0.4, -0.2) is 29.9 Å². The second kappa shape index (κ2) is 8.03. The fourth-order valence-corrected chi connectivity index (χ4v) is 4.46. The van der Waals surface area contributed by atoms with Crippen LogP contribution in [0.2, 0.25) is 0 Å². The molecule has 6 heteroatoms. The summed E-state index contributed by atoms with van der Waals surface area (Å²) >= 11 is 1.64. The van der Waals surface area contributed by atoms with E-state index in [2.05, 4.69) is 42.5 Å². The van der Waals surface area contributed by atoms with Crippen molar-refractivity contribution >= 4 is 28.8 Å². The molecule has 2 aromatic rings. The first kappa shape index (κ1) is 20.5. The molecule has 1 fully saturated rings. The highest BCUT2D eigenvalue weighted by Gasteiger charge is 2.35. The second-order valence-electron chi connectivity index (χ2n) is 8.61. The molecule has 0 radical (unpaired) electrons. The number of aryl methyl sites for hydroxylation is 2. The first-order chi connectivity index (χ1) is 13.1. The third-order valence-electron chi connectivity index (χ3n) is 5.10. The van der Waals surface area contributed by atoms with Crippen LogP contribution in [0.25, 0.3) is 0 Å². The molecule has 0 spiro atoms. The molecule has 1 atom stereocenters. The Morgan fingerprint density at radius 2 is 2.07 bits per heavy atom. The summed E-state index contributed by atoms with van der Waals surface area (Å²) in [6.07, 6.45) is 0.985. The van der Waals surface area contributed by atoms with Gasteiger partial charge in [-0.15, -0.1) is 11.3 Å². The van der Waals surface area contributed by atoms with Crippen LogP contribution in [0.5, 0.6) is 0 Å². The van der Waals surface area contributed by atoms with Crippen LogP contribution in [0.3, 0.4) is 0 Å². The molecule has 0 saturated carbocycles. The number of anilines is 1. The van der Waals surface area contributed by atoms with Gasteiger partial charge < -0.3 is 10.2 Å². The summed E-state index contributed by atoms with van der Waals surface area (Å²) in [5.41, 5.74) is 4.26. The van der Waals surface area contributed by atoms with Gasteiger partial charge in [0, 0.05) is 42.4 Å². The van der Waals surface area contributed by atoms with Gasteiger partial charge in [-0.2, -0.15) is 0 Å². The van der Waals surface area contributed by atoms with Crippen molar-refractivity contribution in [3.8, 4) is 0 Å². The molecule has 0 bridgehead atoms. The number of aromatic nitrogens is 1. The van der Waals surface area contributed by atoms with Crippen molar-refractivity contribution in [1.82, 2.24) is 10.3 Å². The molecule has 1 aromatic carbocycles. The van der Waals surface area contributed by atoms with Crippen molar-refractivity contribution in [1.29, 1.82) is 0 Å². The molecular formula is C22H29N3O2S. The van der Waals surface area contributed by atoms with Crippen LogP contribution >= 0.6 is 11.3 Å². The predicted octanol–water partition coefficient (Wildman–Crippen LogP) is 3.77. The van der Waals surface area contributed by atoms with E-state index in [0.717, 1.165) is 22.0 Å². The number of nitrogens with one attached hydrogen (secondary N) is 1. The smallest absolute Gasteiger partial charge is 0.227 e. The lowest BCUT2D eigenvalue weighted by Crippen LogP contribution is -2.34. The molecule has 1 N–H and O–H groups in total. The van der Waals surface area contributed by atoms with Gasteiger partial charge in [-0.3, -0.25) is 9.59 Å². The van der Waals surface area contributed by atoms with Crippen LogP contribution in [0.4, 0.5) is 5.69 Å². The largest absolute Gasteiger partial charge is 0.355 e. The zero-order chi connectivity index (χ0) is 20.5. The summed E-state index contributed by atoms with van der Waals surface area (Å²) in [5, 5.41) is 6.11. The van der Waals surface area contributed by atoms with Gasteiger partial charge in [-0.1, -0.05) is 38.5 Å². The maximum Gasteiger partial charge on any atom is 0.227 e. The Labute approximate surface area is 171 Å². The quantitative estimate of drug-likeness (QED) is 0.832. The zero-order valence-electron chi connectivity index (χ0n) is 17.3. The minimum atomic E-state index is -0.297. The standard InChI is InChI=1S/C22H29N3O2S/c1-14-6-7-17(15(2)10-14)25-12-16(11-20(25)26)21(27)23-9-8-19-24-18(13-28-19)22(3,4)5/h6-7,10,13,16H,8-9,11-12H2,1-5H3,(H,23,27)/t16-/m0/s1. The number of benzene rings is 1. The van der Waals surface area contributed by atoms with Gasteiger partial charge in [0.2, 0.25) is 11.8 Å². The van der Waals surface area contributed by atoms with Gasteiger partial charge in [-0.05, 0) is 25.5 Å². The van der Waals surface area contributed by atoms with Crippen LogP contribution in [0.1, 0.15) is 49.0 Å². The normalized spacial score (nSPS) is 17.2. The number of carbonyl (C=O) groups excluding carboxylic acids is 2. The fourth-order valence-electron chi connectivity index (χ4n) is 3.43. The van der Waals surface area contributed by atoms with Crippen molar-refractivity contribution in [2.75, 3.05) is 18.0 Å². The van der Waals surface area contributed by atoms with Crippen molar-refractivity contribution in [2.45, 2.75) is 52.9 Å². The molecular weight excluding hydrogens is 370 g/mol. The summed E-state index contributed by atoms with van der Waals surface area (Å²) in [7, 11) is 0. The van der Waals surface area contributed by atoms with E-state index in [1.165, 1.54) is 5.56 Å². The minimum Gasteiger partial charge on any atom is -0.355 e. The minimum absolute atomic E-state index is 0.0156. The van der Waals surface area contributed by atoms with E-state index in [-0.39, 0.29) is 29.6 Å². The predicted molar refractivity (Wildman–Crippen MR) is 114 cm³/mol. The van der Waals surface area contributed by atoms with E-state index >= 15 is 0 Å². The SMILES string of the molecule is Cc1ccc(N2C[C@@H](C(=O)NCCc3nc(C(C)(C)C)cs3)CC2=O)c(C)c1. The highest BCUT2D eigenvalue weighted by atomic mass is 32.1. The van der Waals surface area contributed by atoms with Gasteiger partial charge in [0.25, 0.3) is 0 Å². The number of hydrogen-bond acceptors (Lipinski definition) is 4. The first-order valence-corrected chi connectivity index (χ1v) is 10.6. The monoisotopic (exact) mass is 399 g/mol. The van der Waals surface area contributed by atoms with Gasteiger partial charge in [0.1, 0.15) is 0 Å². The lowest BCUT2D eigenvalue weighted by molar-refractivity contribution is -0.126. The highest BCUT2D eigenvalue weighted by molar-refractivity contribution is 7.09. The Kier molecular flexibility index (Phi) is 5.89. The molecule has 28 heavy (non-hydrogen) atoms. The Hall–Kier alpha value is -2.21. The zero-order valence-corrected chi connectivity index (χ0v) is 18.2. The third-order valence-corrected chi connectivity index (χ3v) is 6.01. The van der Waals surface area contributed by atoms with Crippen LogP contribution in [0.15, 0.2) is 23.6 Å². The van der Waals surface area contributed by atoms with Gasteiger partial charge >= 0.3 is 0 Å². The van der Waals surface area contributed by atoms with Gasteiger partial charge in [0.15, 0.2) is 0 Å². The van der Waals surface area contributed by atoms with Gasteiger partial charge in [-0.25, -0.2) is 4.98 Å². The fraction of sp³-hybridized carbons (Fsp3) is 0.500. The average Bonchev–Trinajstić information content (AvgIpc) is 3.22. The summed E-state index contributed by atoms with van der Waals surface area (Å²) < 4.78 is 0. The van der Waals surface area contributed by atoms with E-state index in [1.807, 2.05) is 26.0 Å². The molecule has 150 valence electrons. The highest BCUT2D eigenvalue weighted by Crippen LogP contribution is 2.28. The molecule has 0 aliphatic carbocycles. The Morgan fingerprint density at radius 3 is 2.71 bits per heavy atom. The molecule has 2 heterocycles. The second-order valence-corrected chi connectivity index (χ2v) is 9.56. The molecule has 1 aromatic heterocycles. The van der Waals surface area contributed by atoms with E-state index in [4.69, 9.17) is 0 Å². The summed E-state index contributed by atoms with van der Waals surface area (Å²) in [6, 6.07) is 6.04. The van der Waals surface area contributed by atoms with Gasteiger partial charge in [0.05, 0.1) is 16.6 Å². The molecule has 1 aliphatic rings. The van der Waals surface area contributed by atoms with E-state index in [0.29, 0.717) is 19.5 Å². The van der Waals surface area contributed by atoms with Crippen molar-refractivity contribution in [3.05, 3.63) is 45.4 Å².